The standard InChI is InChI=1S/C13H8ClFN4O3S/c14-5-3-6(15)8(18-13(20)21)4-9(5)22-10-2-1-7-11(19-10)23-12(16)17-7/h1-4,18H,(H2,16,17)(H,20,21). The zero-order valence-electron chi connectivity index (χ0n) is 11.2. The van der Waals surface area contributed by atoms with E-state index in [0.29, 0.717) is 15.5 Å². The number of carboxylic acid groups (broad SMARTS) is 1. The number of hydrogen-bond acceptors (Lipinski definition) is 6. The van der Waals surface area contributed by atoms with Crippen molar-refractivity contribution in [2.45, 2.75) is 0 Å². The first kappa shape index (κ1) is 15.3. The van der Waals surface area contributed by atoms with Crippen molar-refractivity contribution in [1.29, 1.82) is 0 Å². The third-order valence-electron chi connectivity index (χ3n) is 2.72. The molecule has 7 nitrogen and oxygen atoms in total. The first-order chi connectivity index (χ1) is 10.9. The maximum absolute atomic E-state index is 13.6. The number of amides is 1. The molecule has 0 fully saturated rings. The molecule has 3 rings (SSSR count). The van der Waals surface area contributed by atoms with Crippen molar-refractivity contribution in [2.24, 2.45) is 0 Å². The van der Waals surface area contributed by atoms with Gasteiger partial charge in [0.1, 0.15) is 21.9 Å². The molecule has 0 aliphatic carbocycles. The number of ether oxygens (including phenoxy) is 1. The molecule has 2 aromatic heterocycles. The number of nitrogens with one attached hydrogen (secondary N) is 1. The van der Waals surface area contributed by atoms with Crippen molar-refractivity contribution in [1.82, 2.24) is 9.97 Å². The van der Waals surface area contributed by atoms with Gasteiger partial charge in [0.25, 0.3) is 0 Å². The van der Waals surface area contributed by atoms with Gasteiger partial charge in [0, 0.05) is 12.1 Å². The summed E-state index contributed by atoms with van der Waals surface area (Å²) in [4.78, 5) is 19.5. The lowest BCUT2D eigenvalue weighted by molar-refractivity contribution is 0.209. The number of pyridine rings is 1. The number of carbonyl (C=O) groups is 1. The molecule has 3 aromatic rings. The molecule has 0 radical (unpaired) electrons. The molecule has 0 atom stereocenters. The van der Waals surface area contributed by atoms with E-state index in [-0.39, 0.29) is 22.3 Å². The van der Waals surface area contributed by atoms with E-state index in [1.807, 2.05) is 5.32 Å². The van der Waals surface area contributed by atoms with Crippen molar-refractivity contribution >= 4 is 50.2 Å². The number of benzene rings is 1. The minimum absolute atomic E-state index is 0.0239. The van der Waals surface area contributed by atoms with Gasteiger partial charge >= 0.3 is 6.09 Å². The van der Waals surface area contributed by atoms with Crippen LogP contribution < -0.4 is 15.8 Å². The molecule has 4 N–H and O–H groups in total. The van der Waals surface area contributed by atoms with E-state index < -0.39 is 11.9 Å². The summed E-state index contributed by atoms with van der Waals surface area (Å²) in [5, 5.41) is 10.9. The van der Waals surface area contributed by atoms with Crippen molar-refractivity contribution in [3.63, 3.8) is 0 Å². The number of rotatable bonds is 3. The molecule has 0 unspecified atom stereocenters. The lowest BCUT2D eigenvalue weighted by Crippen LogP contribution is -2.09. The molecule has 0 saturated heterocycles. The van der Waals surface area contributed by atoms with Crippen molar-refractivity contribution < 1.29 is 19.0 Å². The fraction of sp³-hybridized carbons (Fsp3) is 0. The Balaban J connectivity index is 1.95. The number of hydrogen-bond donors (Lipinski definition) is 3. The number of fused-ring (bicyclic) bond motifs is 1. The van der Waals surface area contributed by atoms with Crippen molar-refractivity contribution in [2.75, 3.05) is 11.1 Å². The van der Waals surface area contributed by atoms with Crippen molar-refractivity contribution in [3.8, 4) is 11.6 Å². The Bertz CT molecular complexity index is 918. The maximum Gasteiger partial charge on any atom is 0.409 e. The molecule has 0 spiro atoms. The lowest BCUT2D eigenvalue weighted by Gasteiger charge is -2.10. The van der Waals surface area contributed by atoms with Gasteiger partial charge in [0.2, 0.25) is 5.88 Å². The number of thiazole rings is 1. The lowest BCUT2D eigenvalue weighted by atomic mass is 10.3. The molecule has 1 aromatic carbocycles. The van der Waals surface area contributed by atoms with Gasteiger partial charge in [-0.15, -0.1) is 0 Å². The van der Waals surface area contributed by atoms with Gasteiger partial charge in [0.05, 0.1) is 10.7 Å². The number of anilines is 2. The fourth-order valence-corrected chi connectivity index (χ4v) is 2.69. The molecular weight excluding hydrogens is 347 g/mol. The predicted molar refractivity (Wildman–Crippen MR) is 85.0 cm³/mol. The summed E-state index contributed by atoms with van der Waals surface area (Å²) in [7, 11) is 0. The van der Waals surface area contributed by atoms with E-state index in [0.717, 1.165) is 12.1 Å². The summed E-state index contributed by atoms with van der Waals surface area (Å²) in [6.45, 7) is 0. The maximum atomic E-state index is 13.6. The zero-order valence-corrected chi connectivity index (χ0v) is 12.8. The van der Waals surface area contributed by atoms with Gasteiger partial charge in [0.15, 0.2) is 5.13 Å². The van der Waals surface area contributed by atoms with Gasteiger partial charge in [-0.25, -0.2) is 19.2 Å². The molecule has 10 heteroatoms. The van der Waals surface area contributed by atoms with Crippen molar-refractivity contribution in [3.05, 3.63) is 35.1 Å². The first-order valence-corrected chi connectivity index (χ1v) is 7.32. The second-order valence-electron chi connectivity index (χ2n) is 4.32. The van der Waals surface area contributed by atoms with Crippen LogP contribution in [0.5, 0.6) is 11.6 Å². The molecule has 23 heavy (non-hydrogen) atoms. The van der Waals surface area contributed by atoms with Gasteiger partial charge in [-0.05, 0) is 12.1 Å². The summed E-state index contributed by atoms with van der Waals surface area (Å²) >= 11 is 7.10. The third-order valence-corrected chi connectivity index (χ3v) is 3.81. The summed E-state index contributed by atoms with van der Waals surface area (Å²) < 4.78 is 19.1. The predicted octanol–water partition coefficient (Wildman–Crippen LogP) is 3.95. The molecule has 0 aliphatic heterocycles. The highest BCUT2D eigenvalue weighted by Gasteiger charge is 2.13. The molecule has 0 saturated carbocycles. The zero-order chi connectivity index (χ0) is 16.6. The first-order valence-electron chi connectivity index (χ1n) is 6.12. The Morgan fingerprint density at radius 2 is 2.17 bits per heavy atom. The average Bonchev–Trinajstić information content (AvgIpc) is 2.83. The fourth-order valence-electron chi connectivity index (χ4n) is 1.80. The quantitative estimate of drug-likeness (QED) is 0.656. The van der Waals surface area contributed by atoms with Gasteiger partial charge in [-0.2, -0.15) is 0 Å². The summed E-state index contributed by atoms with van der Waals surface area (Å²) in [6, 6.07) is 5.30. The van der Waals surface area contributed by atoms with E-state index in [1.54, 1.807) is 12.1 Å². The van der Waals surface area contributed by atoms with Crippen LogP contribution in [0.4, 0.5) is 20.0 Å². The SMILES string of the molecule is Nc1nc2ccc(Oc3cc(NC(=O)O)c(F)cc3Cl)nc2s1. The third kappa shape index (κ3) is 3.25. The number of halogens is 2. The Labute approximate surface area is 137 Å². The molecule has 118 valence electrons. The van der Waals surface area contributed by atoms with Crippen LogP contribution in [-0.4, -0.2) is 21.2 Å². The van der Waals surface area contributed by atoms with Gasteiger partial charge < -0.3 is 15.6 Å². The molecule has 0 aliphatic rings. The minimum Gasteiger partial charge on any atom is -0.465 e. The van der Waals surface area contributed by atoms with Crippen LogP contribution in [-0.2, 0) is 0 Å². The molecule has 1 amide bonds. The Morgan fingerprint density at radius 3 is 2.91 bits per heavy atom. The summed E-state index contributed by atoms with van der Waals surface area (Å²) in [6.07, 6.45) is -1.41. The number of nitrogens with two attached hydrogens (primary N) is 1. The second-order valence-corrected chi connectivity index (χ2v) is 5.74. The minimum atomic E-state index is -1.41. The van der Waals surface area contributed by atoms with E-state index >= 15 is 0 Å². The van der Waals surface area contributed by atoms with Crippen LogP contribution >= 0.6 is 22.9 Å². The monoisotopic (exact) mass is 354 g/mol. The Morgan fingerprint density at radius 1 is 1.39 bits per heavy atom. The van der Waals surface area contributed by atoms with Crippen LogP contribution in [0.3, 0.4) is 0 Å². The number of nitrogen functional groups attached to an aromatic ring is 1. The average molecular weight is 355 g/mol. The highest BCUT2D eigenvalue weighted by molar-refractivity contribution is 7.21. The second kappa shape index (κ2) is 5.86. The topological polar surface area (TPSA) is 110 Å². The van der Waals surface area contributed by atoms with E-state index in [4.69, 9.17) is 27.2 Å². The highest BCUT2D eigenvalue weighted by atomic mass is 35.5. The number of nitrogens with zero attached hydrogens (tertiary/aromatic N) is 2. The van der Waals surface area contributed by atoms with Crippen LogP contribution in [0.2, 0.25) is 5.02 Å². The molecular formula is C13H8ClFN4O3S. The Hall–Kier alpha value is -2.65. The summed E-state index contributed by atoms with van der Waals surface area (Å²) in [5.41, 5.74) is 5.95. The summed E-state index contributed by atoms with van der Waals surface area (Å²) in [5.74, 6) is -0.569. The Kier molecular flexibility index (Phi) is 3.89. The normalized spacial score (nSPS) is 10.7. The number of aromatic nitrogens is 2. The van der Waals surface area contributed by atoms with Crippen LogP contribution in [0.15, 0.2) is 24.3 Å². The van der Waals surface area contributed by atoms with E-state index in [1.165, 1.54) is 11.3 Å². The van der Waals surface area contributed by atoms with Crippen LogP contribution in [0, 0.1) is 5.82 Å². The smallest absolute Gasteiger partial charge is 0.409 e. The molecule has 2 heterocycles. The van der Waals surface area contributed by atoms with Gasteiger partial charge in [-0.3, -0.25) is 5.32 Å². The van der Waals surface area contributed by atoms with E-state index in [2.05, 4.69) is 9.97 Å². The van der Waals surface area contributed by atoms with Crippen LogP contribution in [0.25, 0.3) is 10.3 Å². The molecule has 0 bridgehead atoms. The van der Waals surface area contributed by atoms with E-state index in [9.17, 15) is 9.18 Å². The highest BCUT2D eigenvalue weighted by Crippen LogP contribution is 2.34. The van der Waals surface area contributed by atoms with Gasteiger partial charge in [-0.1, -0.05) is 22.9 Å². The largest absolute Gasteiger partial charge is 0.465 e. The van der Waals surface area contributed by atoms with Crippen LogP contribution in [0.1, 0.15) is 0 Å².